The highest BCUT2D eigenvalue weighted by atomic mass is 19.2. The first-order chi connectivity index (χ1) is 11.7. The van der Waals surface area contributed by atoms with E-state index in [0.29, 0.717) is 16.6 Å². The first-order valence-corrected chi connectivity index (χ1v) is 7.37. The average Bonchev–Trinajstić information content (AvgIpc) is 2.94. The summed E-state index contributed by atoms with van der Waals surface area (Å²) in [5.41, 5.74) is 0.932. The van der Waals surface area contributed by atoms with E-state index in [1.807, 2.05) is 18.2 Å². The van der Waals surface area contributed by atoms with Gasteiger partial charge in [-0.3, -0.25) is 13.6 Å². The van der Waals surface area contributed by atoms with Crippen molar-refractivity contribution < 1.29 is 8.63 Å². The zero-order valence-electron chi connectivity index (χ0n) is 12.4. The summed E-state index contributed by atoms with van der Waals surface area (Å²) >= 11 is 0. The molecule has 2 aromatic carbocycles. The molecule has 0 saturated carbocycles. The second-order valence-electron chi connectivity index (χ2n) is 5.38. The lowest BCUT2D eigenvalue weighted by Crippen LogP contribution is -2.28. The fourth-order valence-electron chi connectivity index (χ4n) is 3.17. The van der Waals surface area contributed by atoms with E-state index in [0.717, 1.165) is 15.3 Å². The Labute approximate surface area is 136 Å². The number of hydrogen-bond acceptors (Lipinski definition) is 2. The summed E-state index contributed by atoms with van der Waals surface area (Å²) in [5.74, 6) is 0. The Morgan fingerprint density at radius 3 is 2.50 bits per heavy atom. The van der Waals surface area contributed by atoms with E-state index in [1.54, 1.807) is 42.6 Å². The lowest BCUT2D eigenvalue weighted by atomic mass is 10.1. The molecule has 2 aromatic heterocycles. The topological polar surface area (TPSA) is 41.6 Å². The zero-order chi connectivity index (χ0) is 16.7. The van der Waals surface area contributed by atoms with E-state index in [2.05, 4.69) is 11.1 Å². The van der Waals surface area contributed by atoms with Crippen LogP contribution in [0.2, 0.25) is 0 Å². The second kappa shape index (κ2) is 5.46. The van der Waals surface area contributed by atoms with E-state index in [1.165, 1.54) is 0 Å². The van der Waals surface area contributed by atoms with Crippen LogP contribution in [0.3, 0.4) is 0 Å². The third-order valence-electron chi connectivity index (χ3n) is 4.10. The van der Waals surface area contributed by atoms with Gasteiger partial charge in [0.05, 0.1) is 11.0 Å². The smallest absolute Gasteiger partial charge is 0.324 e. The number of nitriles is 1. The van der Waals surface area contributed by atoms with Crippen molar-refractivity contribution in [3.63, 3.8) is 0 Å². The Morgan fingerprint density at radius 2 is 1.83 bits per heavy atom. The van der Waals surface area contributed by atoms with Gasteiger partial charge in [0.1, 0.15) is 11.6 Å². The number of benzene rings is 2. The summed E-state index contributed by atoms with van der Waals surface area (Å²) in [5, 5.41) is 12.1. The molecule has 0 unspecified atom stereocenters. The molecule has 3 nitrogen and oxygen atoms in total. The Bertz CT molecular complexity index is 1140. The molecule has 0 aliphatic heterocycles. The molecule has 0 atom stereocenters. The fourth-order valence-corrected chi connectivity index (χ4v) is 3.17. The van der Waals surface area contributed by atoms with E-state index in [9.17, 15) is 13.9 Å². The van der Waals surface area contributed by atoms with Crippen LogP contribution < -0.4 is 5.35 Å². The van der Waals surface area contributed by atoms with Crippen LogP contribution in [0.15, 0.2) is 60.8 Å². The van der Waals surface area contributed by atoms with Crippen LogP contribution in [0.25, 0.3) is 27.2 Å². The molecule has 114 valence electrons. The maximum Gasteiger partial charge on any atom is 0.678 e. The van der Waals surface area contributed by atoms with Gasteiger partial charge in [-0.25, -0.2) is 0 Å². The molecule has 0 amide bonds. The van der Waals surface area contributed by atoms with Crippen LogP contribution in [0.5, 0.6) is 0 Å². The zero-order valence-corrected chi connectivity index (χ0v) is 12.4. The van der Waals surface area contributed by atoms with Gasteiger partial charge in [-0.05, 0) is 23.6 Å². The van der Waals surface area contributed by atoms with Crippen LogP contribution in [-0.4, -0.2) is 16.9 Å². The van der Waals surface area contributed by atoms with Crippen LogP contribution in [0, 0.1) is 11.3 Å². The number of hydrogen-bond donors (Lipinski definition) is 0. The maximum absolute atomic E-state index is 13.9. The van der Waals surface area contributed by atoms with Gasteiger partial charge in [0.2, 0.25) is 0 Å². The normalized spacial score (nSPS) is 12.4. The van der Waals surface area contributed by atoms with E-state index >= 15 is 0 Å². The summed E-state index contributed by atoms with van der Waals surface area (Å²) in [6.07, 6.45) is 1.54. The third kappa shape index (κ3) is 1.98. The molecule has 0 bridgehead atoms. The van der Waals surface area contributed by atoms with Crippen molar-refractivity contribution in [3.8, 4) is 6.07 Å². The Hall–Kier alpha value is -3.20. The van der Waals surface area contributed by atoms with Gasteiger partial charge in [0.15, 0.2) is 0 Å². The molecule has 2 heterocycles. The minimum absolute atomic E-state index is 0.139. The molecule has 0 radical (unpaired) electrons. The summed E-state index contributed by atoms with van der Waals surface area (Å²) < 4.78 is 28.6. The molecule has 0 N–H and O–H groups in total. The van der Waals surface area contributed by atoms with Crippen molar-refractivity contribution in [2.75, 3.05) is 0 Å². The van der Waals surface area contributed by atoms with Gasteiger partial charge in [-0.2, -0.15) is 5.26 Å². The summed E-state index contributed by atoms with van der Waals surface area (Å²) in [6, 6.07) is 17.9. The van der Waals surface area contributed by atoms with E-state index < -0.39 is 7.40 Å². The number of rotatable bonds is 2. The van der Waals surface area contributed by atoms with Crippen molar-refractivity contribution >= 4 is 34.7 Å². The largest absolute Gasteiger partial charge is 0.678 e. The summed E-state index contributed by atoms with van der Waals surface area (Å²) in [6.45, 7) is 0. The van der Waals surface area contributed by atoms with E-state index in [-0.39, 0.29) is 10.9 Å². The minimum Gasteiger partial charge on any atom is -0.324 e. The van der Waals surface area contributed by atoms with Crippen LogP contribution >= 0.6 is 0 Å². The van der Waals surface area contributed by atoms with Gasteiger partial charge in [0.25, 0.3) is 0 Å². The molecule has 0 fully saturated rings. The van der Waals surface area contributed by atoms with Crippen LogP contribution in [0.4, 0.5) is 8.63 Å². The number of pyridine rings is 1. The van der Waals surface area contributed by atoms with Crippen molar-refractivity contribution in [2.24, 2.45) is 0 Å². The summed E-state index contributed by atoms with van der Waals surface area (Å²) in [4.78, 5) is 4.16. The first-order valence-electron chi connectivity index (χ1n) is 7.37. The lowest BCUT2D eigenvalue weighted by Gasteiger charge is -2.03. The van der Waals surface area contributed by atoms with Crippen molar-refractivity contribution in [3.05, 3.63) is 71.8 Å². The highest BCUT2D eigenvalue weighted by Gasteiger charge is 2.25. The van der Waals surface area contributed by atoms with Gasteiger partial charge < -0.3 is 4.48 Å². The monoisotopic (exact) mass is 317 g/mol. The number of aromatic nitrogens is 2. The SMILES string of the molecule is N#C/C(c1ccccn1)=c1\c2cccc3cccc(c32)n1B(F)F. The third-order valence-corrected chi connectivity index (χ3v) is 4.10. The van der Waals surface area contributed by atoms with Crippen molar-refractivity contribution in [1.29, 1.82) is 5.26 Å². The van der Waals surface area contributed by atoms with E-state index in [4.69, 9.17) is 0 Å². The molecule has 6 heteroatoms. The van der Waals surface area contributed by atoms with Gasteiger partial charge in [-0.1, -0.05) is 36.4 Å². The van der Waals surface area contributed by atoms with Gasteiger partial charge in [0, 0.05) is 22.5 Å². The van der Waals surface area contributed by atoms with Gasteiger partial charge in [-0.15, -0.1) is 0 Å². The van der Waals surface area contributed by atoms with Gasteiger partial charge >= 0.3 is 7.40 Å². The lowest BCUT2D eigenvalue weighted by molar-refractivity contribution is 0.631. The molecule has 4 aromatic rings. The quantitative estimate of drug-likeness (QED) is 0.532. The Morgan fingerprint density at radius 1 is 1.04 bits per heavy atom. The predicted octanol–water partition coefficient (Wildman–Crippen LogP) is 3.40. The predicted molar refractivity (Wildman–Crippen MR) is 90.4 cm³/mol. The van der Waals surface area contributed by atoms with Crippen LogP contribution in [-0.2, 0) is 0 Å². The maximum atomic E-state index is 13.9. The molecule has 0 spiro atoms. The standard InChI is InChI=1S/C18H10BF2N3/c20-19(21)24-16-9-4-6-12-5-3-7-13(17(12)16)18(24)14(11-22)15-8-1-2-10-23-15/h1-10H/b18-14-. The summed E-state index contributed by atoms with van der Waals surface area (Å²) in [7, 11) is -2.76. The second-order valence-corrected chi connectivity index (χ2v) is 5.38. The molecule has 0 saturated heterocycles. The van der Waals surface area contributed by atoms with Crippen molar-refractivity contribution in [2.45, 2.75) is 0 Å². The van der Waals surface area contributed by atoms with Crippen molar-refractivity contribution in [1.82, 2.24) is 9.46 Å². The number of nitrogens with zero attached hydrogens (tertiary/aromatic N) is 3. The molecular weight excluding hydrogens is 307 g/mol. The minimum atomic E-state index is -2.76. The fraction of sp³-hybridized carbons (Fsp3) is 0. The number of halogens is 2. The Balaban J connectivity index is 2.32. The Kier molecular flexibility index (Phi) is 3.28. The highest BCUT2D eigenvalue weighted by Crippen LogP contribution is 2.27. The molecule has 4 rings (SSSR count). The first kappa shape index (κ1) is 14.4. The van der Waals surface area contributed by atoms with Crippen LogP contribution in [0.1, 0.15) is 5.69 Å². The molecule has 24 heavy (non-hydrogen) atoms. The molecule has 0 aliphatic carbocycles. The highest BCUT2D eigenvalue weighted by molar-refractivity contribution is 6.43. The average molecular weight is 317 g/mol. The molecular formula is C18H10BF2N3. The molecule has 0 aliphatic rings.